The second-order valence-electron chi connectivity index (χ2n) is 5.81. The summed E-state index contributed by atoms with van der Waals surface area (Å²) < 4.78 is 5.76. The molecule has 0 aromatic heterocycles. The smallest absolute Gasteiger partial charge is 0.227 e. The molecule has 0 aliphatic carbocycles. The fourth-order valence-electron chi connectivity index (χ4n) is 2.88. The predicted octanol–water partition coefficient (Wildman–Crippen LogP) is 4.03. The standard InChI is InChI=1S/C19H21NO2/c1-15-6-5-13-20(15)19(21)14-16-9-11-18(12-10-16)22-17-7-3-2-4-8-17/h2-4,7-12,15H,5-6,13-14H2,1H3. The molecule has 0 radical (unpaired) electrons. The van der Waals surface area contributed by atoms with Gasteiger partial charge in [0.2, 0.25) is 5.91 Å². The Balaban J connectivity index is 1.61. The van der Waals surface area contributed by atoms with E-state index in [1.165, 1.54) is 0 Å². The number of amides is 1. The molecule has 3 nitrogen and oxygen atoms in total. The molecule has 0 saturated carbocycles. The quantitative estimate of drug-likeness (QED) is 0.852. The average molecular weight is 295 g/mol. The first kappa shape index (κ1) is 14.6. The van der Waals surface area contributed by atoms with Gasteiger partial charge >= 0.3 is 0 Å². The van der Waals surface area contributed by atoms with Crippen molar-refractivity contribution in [2.75, 3.05) is 6.54 Å². The summed E-state index contributed by atoms with van der Waals surface area (Å²) in [6.07, 6.45) is 2.71. The molecule has 0 N–H and O–H groups in total. The van der Waals surface area contributed by atoms with Crippen LogP contribution in [0.25, 0.3) is 0 Å². The van der Waals surface area contributed by atoms with Crippen molar-refractivity contribution in [1.29, 1.82) is 0 Å². The van der Waals surface area contributed by atoms with Gasteiger partial charge in [-0.05, 0) is 49.6 Å². The lowest BCUT2D eigenvalue weighted by Gasteiger charge is -2.21. The van der Waals surface area contributed by atoms with Crippen LogP contribution in [0.5, 0.6) is 11.5 Å². The summed E-state index contributed by atoms with van der Waals surface area (Å²) in [6, 6.07) is 17.9. The molecule has 114 valence electrons. The zero-order valence-electron chi connectivity index (χ0n) is 12.9. The fourth-order valence-corrected chi connectivity index (χ4v) is 2.88. The Labute approximate surface area is 131 Å². The van der Waals surface area contributed by atoms with E-state index in [1.54, 1.807) is 0 Å². The van der Waals surface area contributed by atoms with Crippen molar-refractivity contribution in [3.05, 3.63) is 60.2 Å². The van der Waals surface area contributed by atoms with E-state index in [9.17, 15) is 4.79 Å². The molecule has 22 heavy (non-hydrogen) atoms. The minimum Gasteiger partial charge on any atom is -0.457 e. The predicted molar refractivity (Wildman–Crippen MR) is 87.1 cm³/mol. The molecule has 1 aliphatic heterocycles. The number of hydrogen-bond donors (Lipinski definition) is 0. The Morgan fingerprint density at radius 1 is 1.09 bits per heavy atom. The van der Waals surface area contributed by atoms with E-state index in [0.717, 1.165) is 36.4 Å². The summed E-state index contributed by atoms with van der Waals surface area (Å²) in [7, 11) is 0. The van der Waals surface area contributed by atoms with Gasteiger partial charge in [0, 0.05) is 12.6 Å². The van der Waals surface area contributed by atoms with Crippen LogP contribution < -0.4 is 4.74 Å². The van der Waals surface area contributed by atoms with Gasteiger partial charge < -0.3 is 9.64 Å². The molecule has 0 spiro atoms. The highest BCUT2D eigenvalue weighted by Crippen LogP contribution is 2.22. The third-order valence-corrected chi connectivity index (χ3v) is 4.13. The summed E-state index contributed by atoms with van der Waals surface area (Å²) in [6.45, 7) is 3.02. The van der Waals surface area contributed by atoms with E-state index < -0.39 is 0 Å². The van der Waals surface area contributed by atoms with Crippen LogP contribution >= 0.6 is 0 Å². The fraction of sp³-hybridized carbons (Fsp3) is 0.316. The van der Waals surface area contributed by atoms with Gasteiger partial charge in [-0.1, -0.05) is 30.3 Å². The molecular weight excluding hydrogens is 274 g/mol. The number of hydrogen-bond acceptors (Lipinski definition) is 2. The van der Waals surface area contributed by atoms with Crippen molar-refractivity contribution in [1.82, 2.24) is 4.90 Å². The number of carbonyl (C=O) groups excluding carboxylic acids is 1. The zero-order valence-corrected chi connectivity index (χ0v) is 12.9. The third kappa shape index (κ3) is 3.48. The van der Waals surface area contributed by atoms with Crippen molar-refractivity contribution in [2.45, 2.75) is 32.2 Å². The molecule has 1 fully saturated rings. The third-order valence-electron chi connectivity index (χ3n) is 4.13. The van der Waals surface area contributed by atoms with Crippen LogP contribution in [0.1, 0.15) is 25.3 Å². The molecule has 3 heteroatoms. The van der Waals surface area contributed by atoms with Crippen molar-refractivity contribution in [3.63, 3.8) is 0 Å². The first-order valence-electron chi connectivity index (χ1n) is 7.84. The highest BCUT2D eigenvalue weighted by atomic mass is 16.5. The van der Waals surface area contributed by atoms with E-state index >= 15 is 0 Å². The largest absolute Gasteiger partial charge is 0.457 e. The van der Waals surface area contributed by atoms with Gasteiger partial charge in [-0.3, -0.25) is 4.79 Å². The summed E-state index contributed by atoms with van der Waals surface area (Å²) in [5.41, 5.74) is 1.03. The molecule has 2 aromatic carbocycles. The van der Waals surface area contributed by atoms with Gasteiger partial charge in [-0.15, -0.1) is 0 Å². The molecule has 2 aromatic rings. The Kier molecular flexibility index (Phi) is 4.42. The SMILES string of the molecule is CC1CCCN1C(=O)Cc1ccc(Oc2ccccc2)cc1. The van der Waals surface area contributed by atoms with Gasteiger partial charge in [-0.25, -0.2) is 0 Å². The van der Waals surface area contributed by atoms with Crippen LogP contribution in [0.4, 0.5) is 0 Å². The van der Waals surface area contributed by atoms with Gasteiger partial charge in [0.15, 0.2) is 0 Å². The van der Waals surface area contributed by atoms with Crippen LogP contribution in [-0.4, -0.2) is 23.4 Å². The number of rotatable bonds is 4. The number of para-hydroxylation sites is 1. The van der Waals surface area contributed by atoms with Crippen molar-refractivity contribution < 1.29 is 9.53 Å². The Morgan fingerprint density at radius 2 is 1.77 bits per heavy atom. The monoisotopic (exact) mass is 295 g/mol. The summed E-state index contributed by atoms with van der Waals surface area (Å²) >= 11 is 0. The summed E-state index contributed by atoms with van der Waals surface area (Å²) in [5.74, 6) is 1.83. The number of carbonyl (C=O) groups is 1. The molecular formula is C19H21NO2. The van der Waals surface area contributed by atoms with Crippen LogP contribution in [0.3, 0.4) is 0 Å². The maximum Gasteiger partial charge on any atom is 0.227 e. The van der Waals surface area contributed by atoms with Crippen LogP contribution in [0.15, 0.2) is 54.6 Å². The highest BCUT2D eigenvalue weighted by molar-refractivity contribution is 5.79. The maximum absolute atomic E-state index is 12.3. The van der Waals surface area contributed by atoms with Crippen molar-refractivity contribution in [2.24, 2.45) is 0 Å². The Hall–Kier alpha value is -2.29. The van der Waals surface area contributed by atoms with Gasteiger partial charge in [0.1, 0.15) is 11.5 Å². The first-order valence-corrected chi connectivity index (χ1v) is 7.84. The number of ether oxygens (including phenoxy) is 1. The zero-order chi connectivity index (χ0) is 15.4. The highest BCUT2D eigenvalue weighted by Gasteiger charge is 2.24. The molecule has 0 bridgehead atoms. The lowest BCUT2D eigenvalue weighted by molar-refractivity contribution is -0.130. The second-order valence-corrected chi connectivity index (χ2v) is 5.81. The van der Waals surface area contributed by atoms with Crippen molar-refractivity contribution in [3.8, 4) is 11.5 Å². The number of nitrogens with zero attached hydrogens (tertiary/aromatic N) is 1. The summed E-state index contributed by atoms with van der Waals surface area (Å²) in [4.78, 5) is 14.3. The lowest BCUT2D eigenvalue weighted by atomic mass is 10.1. The van der Waals surface area contributed by atoms with Gasteiger partial charge in [-0.2, -0.15) is 0 Å². The van der Waals surface area contributed by atoms with Gasteiger partial charge in [0.05, 0.1) is 6.42 Å². The molecule has 1 amide bonds. The Morgan fingerprint density at radius 3 is 2.41 bits per heavy atom. The normalized spacial score (nSPS) is 17.5. The molecule has 3 rings (SSSR count). The average Bonchev–Trinajstić information content (AvgIpc) is 2.96. The first-order chi connectivity index (χ1) is 10.7. The van der Waals surface area contributed by atoms with Crippen LogP contribution in [-0.2, 0) is 11.2 Å². The minimum absolute atomic E-state index is 0.224. The van der Waals surface area contributed by atoms with Crippen LogP contribution in [0.2, 0.25) is 0 Å². The van der Waals surface area contributed by atoms with Gasteiger partial charge in [0.25, 0.3) is 0 Å². The van der Waals surface area contributed by atoms with E-state index in [4.69, 9.17) is 4.74 Å². The van der Waals surface area contributed by atoms with E-state index in [0.29, 0.717) is 12.5 Å². The van der Waals surface area contributed by atoms with E-state index in [1.807, 2.05) is 59.5 Å². The molecule has 1 atom stereocenters. The molecule has 1 unspecified atom stereocenters. The second kappa shape index (κ2) is 6.65. The Bertz CT molecular complexity index is 622. The van der Waals surface area contributed by atoms with E-state index in [-0.39, 0.29) is 5.91 Å². The van der Waals surface area contributed by atoms with Crippen molar-refractivity contribution >= 4 is 5.91 Å². The lowest BCUT2D eigenvalue weighted by Crippen LogP contribution is -2.34. The minimum atomic E-state index is 0.224. The topological polar surface area (TPSA) is 29.5 Å². The summed E-state index contributed by atoms with van der Waals surface area (Å²) in [5, 5.41) is 0. The van der Waals surface area contributed by atoms with E-state index in [2.05, 4.69) is 6.92 Å². The molecule has 1 heterocycles. The molecule has 1 saturated heterocycles. The molecule has 1 aliphatic rings. The maximum atomic E-state index is 12.3. The number of benzene rings is 2. The van der Waals surface area contributed by atoms with Crippen LogP contribution in [0, 0.1) is 0 Å². The number of likely N-dealkylation sites (tertiary alicyclic amines) is 1.